The molecule has 0 aromatic rings. The lowest BCUT2D eigenvalue weighted by Crippen LogP contribution is -2.54. The summed E-state index contributed by atoms with van der Waals surface area (Å²) in [6, 6.07) is 0. The number of carbonyl (C=O) groups excluding carboxylic acids is 2. The first-order chi connectivity index (χ1) is 12.2. The highest BCUT2D eigenvalue weighted by Crippen LogP contribution is 2.55. The third kappa shape index (κ3) is 4.19. The van der Waals surface area contributed by atoms with Crippen LogP contribution in [0, 0.1) is 16.7 Å². The minimum absolute atomic E-state index is 0.0183. The van der Waals surface area contributed by atoms with E-state index in [1.54, 1.807) is 6.92 Å². The molecule has 0 radical (unpaired) electrons. The van der Waals surface area contributed by atoms with Gasteiger partial charge in [-0.1, -0.05) is 36.3 Å². The van der Waals surface area contributed by atoms with Gasteiger partial charge in [-0.05, 0) is 70.6 Å². The first-order valence-corrected chi connectivity index (χ1v) is 9.94. The molecule has 0 amide bonds. The number of hydrogen-bond acceptors (Lipinski definition) is 3. The maximum atomic E-state index is 12.8. The number of rotatable bonds is 5. The Morgan fingerprint density at radius 1 is 1.38 bits per heavy atom. The lowest BCUT2D eigenvalue weighted by atomic mass is 9.52. The van der Waals surface area contributed by atoms with Crippen molar-refractivity contribution in [3.8, 4) is 0 Å². The van der Waals surface area contributed by atoms with Gasteiger partial charge in [0.15, 0.2) is 0 Å². The van der Waals surface area contributed by atoms with Crippen LogP contribution in [-0.4, -0.2) is 18.4 Å². The van der Waals surface area contributed by atoms with E-state index in [0.717, 1.165) is 38.5 Å². The molecule has 0 aromatic carbocycles. The first kappa shape index (κ1) is 20.7. The van der Waals surface area contributed by atoms with Gasteiger partial charge in [0.25, 0.3) is 0 Å². The molecule has 1 saturated carbocycles. The zero-order chi connectivity index (χ0) is 19.4. The van der Waals surface area contributed by atoms with Crippen LogP contribution in [-0.2, 0) is 14.3 Å². The second-order valence-electron chi connectivity index (χ2n) is 8.47. The number of Topliss-reactive ketones (excluding diaryl/α,β-unsaturated/α-hetero) is 1. The van der Waals surface area contributed by atoms with E-state index >= 15 is 0 Å². The summed E-state index contributed by atoms with van der Waals surface area (Å²) in [4.78, 5) is 25.6. The summed E-state index contributed by atoms with van der Waals surface area (Å²) in [7, 11) is 0. The number of allylic oxidation sites excluding steroid dienone is 5. The number of fused-ring (bicyclic) bond motifs is 1. The minimum atomic E-state index is -1.02. The number of esters is 1. The first-order valence-electron chi connectivity index (χ1n) is 9.94. The van der Waals surface area contributed by atoms with Crippen molar-refractivity contribution in [1.82, 2.24) is 0 Å². The van der Waals surface area contributed by atoms with Crippen LogP contribution >= 0.6 is 0 Å². The van der Waals surface area contributed by atoms with Crippen LogP contribution in [0.1, 0.15) is 72.6 Å². The molecule has 2 aliphatic carbocycles. The van der Waals surface area contributed by atoms with E-state index in [1.807, 2.05) is 6.92 Å². The Hall–Kier alpha value is -1.64. The second kappa shape index (κ2) is 8.37. The average molecular weight is 359 g/mol. The Balaban J connectivity index is 2.29. The Bertz CT molecular complexity index is 627. The van der Waals surface area contributed by atoms with Gasteiger partial charge >= 0.3 is 5.97 Å². The van der Waals surface area contributed by atoms with Crippen molar-refractivity contribution in [3.63, 3.8) is 0 Å². The van der Waals surface area contributed by atoms with E-state index in [4.69, 9.17) is 4.74 Å². The summed E-state index contributed by atoms with van der Waals surface area (Å²) >= 11 is 0. The molecular formula is C23H34O3. The summed E-state index contributed by atoms with van der Waals surface area (Å²) in [5.41, 5.74) is 1.45. The predicted molar refractivity (Wildman–Crippen MR) is 106 cm³/mol. The molecule has 0 N–H and O–H groups in total. The maximum Gasteiger partial charge on any atom is 0.319 e. The normalized spacial score (nSPS) is 34.5. The third-order valence-corrected chi connectivity index (χ3v) is 6.36. The van der Waals surface area contributed by atoms with Gasteiger partial charge in [0.1, 0.15) is 11.2 Å². The topological polar surface area (TPSA) is 43.4 Å². The lowest BCUT2D eigenvalue weighted by Gasteiger charge is -2.50. The van der Waals surface area contributed by atoms with Gasteiger partial charge < -0.3 is 4.74 Å². The van der Waals surface area contributed by atoms with Gasteiger partial charge in [-0.3, -0.25) is 9.59 Å². The van der Waals surface area contributed by atoms with Crippen LogP contribution in [0.3, 0.4) is 0 Å². The summed E-state index contributed by atoms with van der Waals surface area (Å²) < 4.78 is 5.34. The quantitative estimate of drug-likeness (QED) is 0.367. The fraction of sp³-hybridized carbons (Fsp3) is 0.652. The SMILES string of the molecule is C=C(C)CC/C=C1\C=C/CC2(C)CCC(=O)[C@@](C)(C(=O)OCC)[C@H]2CC1. The van der Waals surface area contributed by atoms with Crippen LogP contribution < -0.4 is 0 Å². The van der Waals surface area contributed by atoms with Gasteiger partial charge in [-0.2, -0.15) is 0 Å². The zero-order valence-corrected chi connectivity index (χ0v) is 16.9. The van der Waals surface area contributed by atoms with Crippen LogP contribution in [0.5, 0.6) is 0 Å². The largest absolute Gasteiger partial charge is 0.465 e. The molecule has 3 atom stereocenters. The van der Waals surface area contributed by atoms with E-state index in [0.29, 0.717) is 13.0 Å². The van der Waals surface area contributed by atoms with E-state index in [9.17, 15) is 9.59 Å². The Labute approximate surface area is 158 Å². The molecular weight excluding hydrogens is 324 g/mol. The second-order valence-corrected chi connectivity index (χ2v) is 8.47. The Kier molecular flexibility index (Phi) is 6.65. The molecule has 0 aliphatic heterocycles. The molecule has 1 fully saturated rings. The molecule has 0 spiro atoms. The monoisotopic (exact) mass is 358 g/mol. The number of hydrogen-bond donors (Lipinski definition) is 0. The highest BCUT2D eigenvalue weighted by molar-refractivity contribution is 6.04. The van der Waals surface area contributed by atoms with Gasteiger partial charge in [0.05, 0.1) is 6.61 Å². The number of ether oxygens (including phenoxy) is 1. The van der Waals surface area contributed by atoms with Crippen molar-refractivity contribution in [1.29, 1.82) is 0 Å². The van der Waals surface area contributed by atoms with Crippen molar-refractivity contribution in [2.24, 2.45) is 16.7 Å². The third-order valence-electron chi connectivity index (χ3n) is 6.36. The molecule has 0 bridgehead atoms. The fourth-order valence-corrected chi connectivity index (χ4v) is 4.69. The van der Waals surface area contributed by atoms with E-state index in [-0.39, 0.29) is 23.1 Å². The van der Waals surface area contributed by atoms with E-state index < -0.39 is 5.41 Å². The lowest BCUT2D eigenvalue weighted by molar-refractivity contribution is -0.171. The molecule has 0 saturated heterocycles. The Morgan fingerprint density at radius 2 is 2.12 bits per heavy atom. The van der Waals surface area contributed by atoms with Crippen LogP contribution in [0.4, 0.5) is 0 Å². The van der Waals surface area contributed by atoms with Gasteiger partial charge in [0, 0.05) is 6.42 Å². The minimum Gasteiger partial charge on any atom is -0.465 e. The summed E-state index contributed by atoms with van der Waals surface area (Å²) in [6.07, 6.45) is 12.7. The van der Waals surface area contributed by atoms with Gasteiger partial charge in [0.2, 0.25) is 0 Å². The fourth-order valence-electron chi connectivity index (χ4n) is 4.69. The van der Waals surface area contributed by atoms with Gasteiger partial charge in [-0.25, -0.2) is 0 Å². The molecule has 1 unspecified atom stereocenters. The molecule has 2 rings (SSSR count). The highest BCUT2D eigenvalue weighted by Gasteiger charge is 2.57. The number of ketones is 1. The number of carbonyl (C=O) groups is 2. The van der Waals surface area contributed by atoms with Crippen LogP contribution in [0.15, 0.2) is 36.0 Å². The molecule has 144 valence electrons. The van der Waals surface area contributed by atoms with E-state index in [2.05, 4.69) is 38.7 Å². The molecule has 0 heterocycles. The van der Waals surface area contributed by atoms with Crippen LogP contribution in [0.25, 0.3) is 0 Å². The van der Waals surface area contributed by atoms with Gasteiger partial charge in [-0.15, -0.1) is 6.58 Å². The molecule has 0 aromatic heterocycles. The van der Waals surface area contributed by atoms with Crippen LogP contribution in [0.2, 0.25) is 0 Å². The molecule has 3 heteroatoms. The van der Waals surface area contributed by atoms with Crippen molar-refractivity contribution >= 4 is 11.8 Å². The van der Waals surface area contributed by atoms with E-state index in [1.165, 1.54) is 11.1 Å². The average Bonchev–Trinajstić information content (AvgIpc) is 2.56. The zero-order valence-electron chi connectivity index (χ0n) is 16.9. The summed E-state index contributed by atoms with van der Waals surface area (Å²) in [5, 5.41) is 0. The van der Waals surface area contributed by atoms with Crippen molar-refractivity contribution in [2.75, 3.05) is 6.61 Å². The molecule has 3 nitrogen and oxygen atoms in total. The van der Waals surface area contributed by atoms with Crippen molar-refractivity contribution < 1.29 is 14.3 Å². The molecule has 26 heavy (non-hydrogen) atoms. The Morgan fingerprint density at radius 3 is 2.77 bits per heavy atom. The summed E-state index contributed by atoms with van der Waals surface area (Å²) in [6.45, 7) is 12.2. The predicted octanol–water partition coefficient (Wildman–Crippen LogP) is 5.56. The summed E-state index contributed by atoms with van der Waals surface area (Å²) in [5.74, 6) is -0.265. The standard InChI is InChI=1S/C23H34O3/c1-6-26-21(25)23(5)19-13-12-18(10-7-9-17(2)3)11-8-15-22(19,4)16-14-20(23)24/h8,10-11,19H,2,6-7,9,12-16H2,1,3-5H3/b11-8-,18-10+/t19-,22?,23-/m0/s1. The highest BCUT2D eigenvalue weighted by atomic mass is 16.5. The smallest absolute Gasteiger partial charge is 0.319 e. The van der Waals surface area contributed by atoms with Crippen molar-refractivity contribution in [2.45, 2.75) is 72.6 Å². The maximum absolute atomic E-state index is 12.8. The van der Waals surface area contributed by atoms with Crippen molar-refractivity contribution in [3.05, 3.63) is 36.0 Å². The molecule has 2 aliphatic rings.